The van der Waals surface area contributed by atoms with E-state index in [0.29, 0.717) is 0 Å². The van der Waals surface area contributed by atoms with Crippen LogP contribution >= 0.6 is 0 Å². The van der Waals surface area contributed by atoms with E-state index < -0.39 is 0 Å². The minimum absolute atomic E-state index is 0.896. The van der Waals surface area contributed by atoms with Crippen molar-refractivity contribution in [2.45, 2.75) is 12.3 Å². The van der Waals surface area contributed by atoms with Gasteiger partial charge >= 0.3 is 0 Å². The summed E-state index contributed by atoms with van der Waals surface area (Å²) >= 11 is 0. The highest BCUT2D eigenvalue weighted by Gasteiger charge is 2.41. The quantitative estimate of drug-likeness (QED) is 0.590. The third-order valence-corrected chi connectivity index (χ3v) is 2.84. The second-order valence-electron chi connectivity index (χ2n) is 3.57. The molecule has 1 unspecified atom stereocenters. The van der Waals surface area contributed by atoms with Crippen LogP contribution in [0.25, 0.3) is 0 Å². The molecule has 1 aliphatic heterocycles. The van der Waals surface area contributed by atoms with Crippen LogP contribution < -0.4 is 5.32 Å². The summed E-state index contributed by atoms with van der Waals surface area (Å²) < 4.78 is 0. The third-order valence-electron chi connectivity index (χ3n) is 2.84. The fourth-order valence-electron chi connectivity index (χ4n) is 2.08. The molecular formula is C10H11N. The molecule has 1 heteroatoms. The highest BCUT2D eigenvalue weighted by atomic mass is 14.9. The zero-order valence-electron chi connectivity index (χ0n) is 6.38. The minimum atomic E-state index is 0.896. The monoisotopic (exact) mass is 145 g/mol. The summed E-state index contributed by atoms with van der Waals surface area (Å²) in [4.78, 5) is 0. The van der Waals surface area contributed by atoms with E-state index in [1.165, 1.54) is 18.7 Å². The largest absolute Gasteiger partial charge is 0.385 e. The maximum absolute atomic E-state index is 3.45. The van der Waals surface area contributed by atoms with Gasteiger partial charge in [-0.05, 0) is 29.9 Å². The third kappa shape index (κ3) is 0.710. The predicted molar refractivity (Wildman–Crippen MR) is 45.8 cm³/mol. The van der Waals surface area contributed by atoms with Gasteiger partial charge in [0.05, 0.1) is 0 Å². The van der Waals surface area contributed by atoms with Crippen LogP contribution in [0.1, 0.15) is 17.9 Å². The molecule has 1 nitrogen and oxygen atoms in total. The summed E-state index contributed by atoms with van der Waals surface area (Å²) in [6.07, 6.45) is 1.41. The molecule has 0 spiro atoms. The second-order valence-corrected chi connectivity index (χ2v) is 3.57. The first-order valence-corrected chi connectivity index (χ1v) is 4.28. The van der Waals surface area contributed by atoms with Gasteiger partial charge in [-0.25, -0.2) is 0 Å². The van der Waals surface area contributed by atoms with Gasteiger partial charge in [-0.2, -0.15) is 0 Å². The topological polar surface area (TPSA) is 12.0 Å². The van der Waals surface area contributed by atoms with Crippen LogP contribution in [0.15, 0.2) is 24.3 Å². The van der Waals surface area contributed by atoms with Crippen LogP contribution in [-0.4, -0.2) is 6.54 Å². The van der Waals surface area contributed by atoms with E-state index in [9.17, 15) is 0 Å². The molecule has 1 N–H and O–H groups in total. The van der Waals surface area contributed by atoms with Gasteiger partial charge in [-0.3, -0.25) is 0 Å². The van der Waals surface area contributed by atoms with Crippen LogP contribution in [0.4, 0.5) is 5.69 Å². The number of anilines is 1. The Kier molecular flexibility index (Phi) is 0.916. The number of fused-ring (bicyclic) bond motifs is 3. The van der Waals surface area contributed by atoms with Crippen LogP contribution in [-0.2, 0) is 0 Å². The molecule has 1 saturated carbocycles. The summed E-state index contributed by atoms with van der Waals surface area (Å²) in [6, 6.07) is 8.69. The first-order valence-electron chi connectivity index (χ1n) is 4.28. The molecule has 0 bridgehead atoms. The summed E-state index contributed by atoms with van der Waals surface area (Å²) in [5, 5.41) is 3.45. The summed E-state index contributed by atoms with van der Waals surface area (Å²) in [7, 11) is 0. The number of hydrogen-bond acceptors (Lipinski definition) is 1. The highest BCUT2D eigenvalue weighted by molar-refractivity contribution is 5.57. The van der Waals surface area contributed by atoms with E-state index in [2.05, 4.69) is 29.6 Å². The van der Waals surface area contributed by atoms with Crippen molar-refractivity contribution in [1.82, 2.24) is 0 Å². The Balaban J connectivity index is 2.14. The first-order chi connectivity index (χ1) is 5.45. The molecule has 11 heavy (non-hydrogen) atoms. The van der Waals surface area contributed by atoms with Crippen LogP contribution in [0.3, 0.4) is 0 Å². The van der Waals surface area contributed by atoms with E-state index in [1.54, 1.807) is 5.56 Å². The molecule has 56 valence electrons. The molecule has 1 aliphatic carbocycles. The van der Waals surface area contributed by atoms with E-state index in [1.807, 2.05) is 0 Å². The summed E-state index contributed by atoms with van der Waals surface area (Å²) in [6.45, 7) is 1.20. The van der Waals surface area contributed by atoms with Gasteiger partial charge < -0.3 is 5.32 Å². The van der Waals surface area contributed by atoms with Crippen molar-refractivity contribution >= 4 is 5.69 Å². The van der Waals surface area contributed by atoms with Crippen molar-refractivity contribution in [3.05, 3.63) is 29.8 Å². The van der Waals surface area contributed by atoms with Crippen LogP contribution in [0, 0.1) is 5.92 Å². The first kappa shape index (κ1) is 5.64. The van der Waals surface area contributed by atoms with Crippen molar-refractivity contribution in [1.29, 1.82) is 0 Å². The van der Waals surface area contributed by atoms with Crippen molar-refractivity contribution in [3.8, 4) is 0 Å². The maximum atomic E-state index is 3.45. The molecule has 1 aromatic rings. The number of hydrogen-bond donors (Lipinski definition) is 1. The van der Waals surface area contributed by atoms with E-state index in [0.717, 1.165) is 11.8 Å². The fraction of sp³-hybridized carbons (Fsp3) is 0.400. The fourth-order valence-corrected chi connectivity index (χ4v) is 2.08. The van der Waals surface area contributed by atoms with Crippen molar-refractivity contribution in [3.63, 3.8) is 0 Å². The highest BCUT2D eigenvalue weighted by Crippen LogP contribution is 2.52. The number of para-hydroxylation sites is 1. The second kappa shape index (κ2) is 1.79. The zero-order chi connectivity index (χ0) is 7.26. The van der Waals surface area contributed by atoms with Crippen LogP contribution in [0.2, 0.25) is 0 Å². The zero-order valence-corrected chi connectivity index (χ0v) is 6.38. The molecule has 0 aromatic heterocycles. The van der Waals surface area contributed by atoms with Gasteiger partial charge in [0.15, 0.2) is 0 Å². The lowest BCUT2D eigenvalue weighted by molar-refractivity contribution is 0.817. The van der Waals surface area contributed by atoms with Crippen molar-refractivity contribution in [2.24, 2.45) is 5.92 Å². The Morgan fingerprint density at radius 2 is 2.18 bits per heavy atom. The average molecular weight is 145 g/mol. The molecule has 0 radical (unpaired) electrons. The Bertz CT molecular complexity index is 293. The molecule has 1 fully saturated rings. The number of rotatable bonds is 0. The predicted octanol–water partition coefficient (Wildman–Crippen LogP) is 2.22. The lowest BCUT2D eigenvalue weighted by atomic mass is 10.0. The Morgan fingerprint density at radius 1 is 1.27 bits per heavy atom. The van der Waals surface area contributed by atoms with Gasteiger partial charge in [-0.15, -0.1) is 0 Å². The molecule has 3 rings (SSSR count). The Hall–Kier alpha value is -0.980. The van der Waals surface area contributed by atoms with Gasteiger partial charge in [0, 0.05) is 12.2 Å². The Morgan fingerprint density at radius 3 is 3.18 bits per heavy atom. The summed E-state index contributed by atoms with van der Waals surface area (Å²) in [5.74, 6) is 1.84. The van der Waals surface area contributed by atoms with Crippen molar-refractivity contribution < 1.29 is 0 Å². The minimum Gasteiger partial charge on any atom is -0.385 e. The molecule has 1 heterocycles. The molecule has 2 atom stereocenters. The van der Waals surface area contributed by atoms with Gasteiger partial charge in [0.2, 0.25) is 0 Å². The summed E-state index contributed by atoms with van der Waals surface area (Å²) in [5.41, 5.74) is 2.91. The molecular weight excluding hydrogens is 134 g/mol. The van der Waals surface area contributed by atoms with Gasteiger partial charge in [0.1, 0.15) is 0 Å². The standard InChI is InChI=1S/C10H11N/c1-2-4-10-8(3-1)9-5-7(9)6-11-10/h1-4,7,9,11H,5-6H2/t7-,9?/m1/s1. The molecule has 2 aliphatic rings. The van der Waals surface area contributed by atoms with E-state index in [-0.39, 0.29) is 0 Å². The Labute approximate surface area is 66.4 Å². The van der Waals surface area contributed by atoms with Gasteiger partial charge in [-0.1, -0.05) is 18.2 Å². The molecule has 1 aromatic carbocycles. The SMILES string of the molecule is c1ccc2c(c1)NC[C@H]1CC21. The number of benzene rings is 1. The van der Waals surface area contributed by atoms with Gasteiger partial charge in [0.25, 0.3) is 0 Å². The average Bonchev–Trinajstić information content (AvgIpc) is 2.83. The normalized spacial score (nSPS) is 31.6. The van der Waals surface area contributed by atoms with E-state index >= 15 is 0 Å². The van der Waals surface area contributed by atoms with E-state index in [4.69, 9.17) is 0 Å². The molecule has 0 saturated heterocycles. The number of nitrogens with one attached hydrogen (secondary N) is 1. The van der Waals surface area contributed by atoms with Crippen molar-refractivity contribution in [2.75, 3.05) is 11.9 Å². The van der Waals surface area contributed by atoms with Crippen LogP contribution in [0.5, 0.6) is 0 Å². The smallest absolute Gasteiger partial charge is 0.0375 e. The maximum Gasteiger partial charge on any atom is 0.0375 e. The lowest BCUT2D eigenvalue weighted by Crippen LogP contribution is -2.11. The molecule has 0 amide bonds. The lowest BCUT2D eigenvalue weighted by Gasteiger charge is -2.16.